The molecule has 0 aliphatic carbocycles. The number of halogens is 2. The molecule has 0 saturated heterocycles. The van der Waals surface area contributed by atoms with E-state index in [1.54, 1.807) is 54.6 Å². The molecule has 0 bridgehead atoms. The molecule has 0 amide bonds. The molecular formula is C26H14BrClO6. The number of benzene rings is 3. The highest BCUT2D eigenvalue weighted by Crippen LogP contribution is 2.30. The van der Waals surface area contributed by atoms with E-state index in [4.69, 9.17) is 25.2 Å². The van der Waals surface area contributed by atoms with Gasteiger partial charge in [-0.05, 0) is 60.7 Å². The number of ketones is 1. The standard InChI is InChI=1S/C26H14BrClO6/c27-16-3-8-23-15(9-16)10-21(26(31)34-23)20-12-25(30)33-24-11-18(6-7-19(20)24)32-13-22(29)14-1-4-17(28)5-2-14/h1-12H,13H2. The number of ether oxygens (including phenoxy) is 1. The summed E-state index contributed by atoms with van der Waals surface area (Å²) in [5.74, 6) is 0.108. The number of fused-ring (bicyclic) bond motifs is 2. The molecule has 3 aromatic carbocycles. The highest BCUT2D eigenvalue weighted by Gasteiger charge is 2.15. The van der Waals surface area contributed by atoms with Gasteiger partial charge in [-0.2, -0.15) is 0 Å². The van der Waals surface area contributed by atoms with Crippen LogP contribution in [0.1, 0.15) is 10.4 Å². The first-order valence-electron chi connectivity index (χ1n) is 10.1. The van der Waals surface area contributed by atoms with E-state index in [2.05, 4.69) is 15.9 Å². The largest absolute Gasteiger partial charge is 0.485 e. The van der Waals surface area contributed by atoms with Gasteiger partial charge in [0, 0.05) is 43.5 Å². The number of Topliss-reactive ketones (excluding diaryl/α,β-unsaturated/α-hetero) is 1. The van der Waals surface area contributed by atoms with Gasteiger partial charge in [0.05, 0.1) is 5.56 Å². The van der Waals surface area contributed by atoms with Crippen molar-refractivity contribution in [1.82, 2.24) is 0 Å². The summed E-state index contributed by atoms with van der Waals surface area (Å²) in [4.78, 5) is 37.3. The number of hydrogen-bond acceptors (Lipinski definition) is 6. The Morgan fingerprint density at radius 3 is 2.44 bits per heavy atom. The van der Waals surface area contributed by atoms with E-state index in [0.717, 1.165) is 4.47 Å². The molecule has 0 atom stereocenters. The van der Waals surface area contributed by atoms with Gasteiger partial charge >= 0.3 is 11.3 Å². The van der Waals surface area contributed by atoms with Gasteiger partial charge in [-0.25, -0.2) is 9.59 Å². The molecule has 2 heterocycles. The maximum atomic E-state index is 12.7. The molecule has 0 radical (unpaired) electrons. The third-order valence-corrected chi connectivity index (χ3v) is 5.98. The van der Waals surface area contributed by atoms with Crippen molar-refractivity contribution in [2.75, 3.05) is 6.61 Å². The Morgan fingerprint density at radius 2 is 1.65 bits per heavy atom. The lowest BCUT2D eigenvalue weighted by atomic mass is 10.0. The second-order valence-corrected chi connectivity index (χ2v) is 8.84. The van der Waals surface area contributed by atoms with Crippen LogP contribution in [0, 0.1) is 0 Å². The first kappa shape index (κ1) is 22.1. The second kappa shape index (κ2) is 8.93. The Bertz CT molecular complexity index is 1680. The van der Waals surface area contributed by atoms with Crippen LogP contribution in [0.25, 0.3) is 33.1 Å². The molecule has 6 nitrogen and oxygen atoms in total. The van der Waals surface area contributed by atoms with Crippen molar-refractivity contribution >= 4 is 55.3 Å². The summed E-state index contributed by atoms with van der Waals surface area (Å²) in [5.41, 5.74) is 0.522. The normalized spacial score (nSPS) is 11.1. The van der Waals surface area contributed by atoms with Gasteiger partial charge in [0.15, 0.2) is 12.4 Å². The smallest absolute Gasteiger partial charge is 0.344 e. The van der Waals surface area contributed by atoms with Crippen LogP contribution >= 0.6 is 27.5 Å². The molecule has 2 aromatic heterocycles. The summed E-state index contributed by atoms with van der Waals surface area (Å²) in [5, 5.41) is 1.76. The van der Waals surface area contributed by atoms with Gasteiger partial charge in [-0.1, -0.05) is 27.5 Å². The van der Waals surface area contributed by atoms with Crippen LogP contribution in [0.4, 0.5) is 0 Å². The van der Waals surface area contributed by atoms with Crippen LogP contribution in [-0.2, 0) is 0 Å². The van der Waals surface area contributed by atoms with Crippen molar-refractivity contribution < 1.29 is 18.4 Å². The van der Waals surface area contributed by atoms with Crippen molar-refractivity contribution in [2.45, 2.75) is 0 Å². The maximum Gasteiger partial charge on any atom is 0.344 e. The summed E-state index contributed by atoms with van der Waals surface area (Å²) in [6.07, 6.45) is 0. The third kappa shape index (κ3) is 4.40. The summed E-state index contributed by atoms with van der Waals surface area (Å²) in [7, 11) is 0. The maximum absolute atomic E-state index is 12.7. The molecular weight excluding hydrogens is 524 g/mol. The fourth-order valence-corrected chi connectivity index (χ4v) is 4.11. The zero-order chi connectivity index (χ0) is 23.8. The molecule has 5 rings (SSSR count). The lowest BCUT2D eigenvalue weighted by molar-refractivity contribution is 0.0921. The van der Waals surface area contributed by atoms with Crippen LogP contribution in [0.2, 0.25) is 5.02 Å². The van der Waals surface area contributed by atoms with Crippen molar-refractivity contribution in [3.8, 4) is 16.9 Å². The zero-order valence-corrected chi connectivity index (χ0v) is 19.7. The summed E-state index contributed by atoms with van der Waals surface area (Å²) in [6.45, 7) is -0.208. The van der Waals surface area contributed by atoms with Gasteiger partial charge in [-0.3, -0.25) is 4.79 Å². The average Bonchev–Trinajstić information content (AvgIpc) is 2.82. The summed E-state index contributed by atoms with van der Waals surface area (Å²) in [6, 6.07) is 19.5. The van der Waals surface area contributed by atoms with Crippen molar-refractivity contribution in [1.29, 1.82) is 0 Å². The predicted molar refractivity (Wildman–Crippen MR) is 133 cm³/mol. The Labute approximate surface area is 205 Å². The molecule has 34 heavy (non-hydrogen) atoms. The third-order valence-electron chi connectivity index (χ3n) is 5.24. The molecule has 0 N–H and O–H groups in total. The van der Waals surface area contributed by atoms with Gasteiger partial charge in [0.25, 0.3) is 0 Å². The van der Waals surface area contributed by atoms with Crippen molar-refractivity contribution in [2.24, 2.45) is 0 Å². The van der Waals surface area contributed by atoms with E-state index >= 15 is 0 Å². The lowest BCUT2D eigenvalue weighted by Gasteiger charge is -2.09. The topological polar surface area (TPSA) is 86.7 Å². The molecule has 168 valence electrons. The lowest BCUT2D eigenvalue weighted by Crippen LogP contribution is -2.11. The molecule has 0 spiro atoms. The Balaban J connectivity index is 1.50. The van der Waals surface area contributed by atoms with E-state index in [-0.39, 0.29) is 23.5 Å². The first-order valence-corrected chi connectivity index (χ1v) is 11.3. The highest BCUT2D eigenvalue weighted by atomic mass is 79.9. The molecule has 5 aromatic rings. The van der Waals surface area contributed by atoms with Crippen LogP contribution < -0.4 is 16.0 Å². The molecule has 0 unspecified atom stereocenters. The monoisotopic (exact) mass is 536 g/mol. The van der Waals surface area contributed by atoms with E-state index in [1.807, 2.05) is 6.07 Å². The fourth-order valence-electron chi connectivity index (χ4n) is 3.61. The van der Waals surface area contributed by atoms with Gasteiger partial charge in [0.1, 0.15) is 16.9 Å². The highest BCUT2D eigenvalue weighted by molar-refractivity contribution is 9.10. The molecule has 0 saturated carbocycles. The van der Waals surface area contributed by atoms with Crippen LogP contribution in [-0.4, -0.2) is 12.4 Å². The SMILES string of the molecule is O=C(COc1ccc2c(-c3cc4cc(Br)ccc4oc3=O)cc(=O)oc2c1)c1ccc(Cl)cc1. The van der Waals surface area contributed by atoms with Gasteiger partial charge < -0.3 is 13.6 Å². The summed E-state index contributed by atoms with van der Waals surface area (Å²) >= 11 is 9.26. The van der Waals surface area contributed by atoms with E-state index in [1.165, 1.54) is 12.1 Å². The van der Waals surface area contributed by atoms with Gasteiger partial charge in [0.2, 0.25) is 0 Å². The van der Waals surface area contributed by atoms with Gasteiger partial charge in [-0.15, -0.1) is 0 Å². The minimum Gasteiger partial charge on any atom is -0.485 e. The molecule has 8 heteroatoms. The van der Waals surface area contributed by atoms with Crippen LogP contribution in [0.3, 0.4) is 0 Å². The Hall–Kier alpha value is -3.68. The zero-order valence-electron chi connectivity index (χ0n) is 17.3. The van der Waals surface area contributed by atoms with Crippen LogP contribution in [0.5, 0.6) is 5.75 Å². The number of carbonyl (C=O) groups excluding carboxylic acids is 1. The van der Waals surface area contributed by atoms with Crippen molar-refractivity contribution in [3.63, 3.8) is 0 Å². The molecule has 0 fully saturated rings. The van der Waals surface area contributed by atoms with Crippen molar-refractivity contribution in [3.05, 3.63) is 109 Å². The number of rotatable bonds is 5. The average molecular weight is 538 g/mol. The number of carbonyl (C=O) groups is 1. The molecule has 0 aliphatic heterocycles. The summed E-state index contributed by atoms with van der Waals surface area (Å²) < 4.78 is 17.2. The quantitative estimate of drug-likeness (QED) is 0.195. The minimum absolute atomic E-state index is 0.208. The van der Waals surface area contributed by atoms with E-state index < -0.39 is 11.3 Å². The molecule has 0 aliphatic rings. The van der Waals surface area contributed by atoms with E-state index in [9.17, 15) is 14.4 Å². The second-order valence-electron chi connectivity index (χ2n) is 7.49. The Morgan fingerprint density at radius 1 is 0.853 bits per heavy atom. The Kier molecular flexibility index (Phi) is 5.81. The predicted octanol–water partition coefficient (Wildman–Crippen LogP) is 6.24. The fraction of sp³-hybridized carbons (Fsp3) is 0.0385. The number of hydrogen-bond donors (Lipinski definition) is 0. The van der Waals surface area contributed by atoms with Crippen LogP contribution in [0.15, 0.2) is 95.7 Å². The first-order chi connectivity index (χ1) is 16.4. The van der Waals surface area contributed by atoms with E-state index in [0.29, 0.717) is 38.3 Å². The minimum atomic E-state index is -0.634.